The van der Waals surface area contributed by atoms with Crippen molar-refractivity contribution in [1.82, 2.24) is 9.55 Å². The van der Waals surface area contributed by atoms with Gasteiger partial charge in [0.1, 0.15) is 16.7 Å². The number of fused-ring (bicyclic) bond motifs is 1. The smallest absolute Gasteiger partial charge is 0.263 e. The van der Waals surface area contributed by atoms with Crippen molar-refractivity contribution in [1.29, 1.82) is 0 Å². The average molecular weight is 456 g/mol. The van der Waals surface area contributed by atoms with Crippen LogP contribution in [0.1, 0.15) is 23.4 Å². The molecule has 0 saturated carbocycles. The number of aromatic nitrogens is 2. The van der Waals surface area contributed by atoms with Crippen molar-refractivity contribution in [2.24, 2.45) is 0 Å². The van der Waals surface area contributed by atoms with E-state index in [9.17, 15) is 14.0 Å². The van der Waals surface area contributed by atoms with Gasteiger partial charge in [-0.3, -0.25) is 14.2 Å². The first-order valence-corrected chi connectivity index (χ1v) is 10.8. The van der Waals surface area contributed by atoms with Crippen molar-refractivity contribution in [2.45, 2.75) is 26.8 Å². The van der Waals surface area contributed by atoms with E-state index in [4.69, 9.17) is 11.6 Å². The minimum absolute atomic E-state index is 0.320. The number of thiophene rings is 1. The molecule has 5 nitrogen and oxygen atoms in total. The first kappa shape index (κ1) is 21.2. The maximum absolute atomic E-state index is 13.4. The van der Waals surface area contributed by atoms with Crippen LogP contribution >= 0.6 is 22.9 Å². The number of benzene rings is 2. The quantitative estimate of drug-likeness (QED) is 0.427. The molecule has 4 aromatic rings. The van der Waals surface area contributed by atoms with Gasteiger partial charge in [-0.05, 0) is 56.2 Å². The van der Waals surface area contributed by atoms with Gasteiger partial charge in [-0.25, -0.2) is 9.37 Å². The summed E-state index contributed by atoms with van der Waals surface area (Å²) < 4.78 is 14.7. The molecular formula is C23H19ClFN3O2S. The van der Waals surface area contributed by atoms with Crippen molar-refractivity contribution in [3.05, 3.63) is 80.4 Å². The monoisotopic (exact) mass is 455 g/mol. The number of carbonyl (C=O) groups is 1. The van der Waals surface area contributed by atoms with Crippen LogP contribution < -0.4 is 10.9 Å². The molecule has 0 bridgehead atoms. The van der Waals surface area contributed by atoms with E-state index >= 15 is 0 Å². The average Bonchev–Trinajstić information content (AvgIpc) is 3.08. The maximum atomic E-state index is 13.4. The van der Waals surface area contributed by atoms with Crippen LogP contribution in [0.4, 0.5) is 10.1 Å². The fourth-order valence-corrected chi connectivity index (χ4v) is 4.64. The zero-order valence-corrected chi connectivity index (χ0v) is 18.6. The summed E-state index contributed by atoms with van der Waals surface area (Å²) in [7, 11) is 0. The summed E-state index contributed by atoms with van der Waals surface area (Å²) >= 11 is 7.53. The van der Waals surface area contributed by atoms with Gasteiger partial charge in [-0.15, -0.1) is 11.3 Å². The van der Waals surface area contributed by atoms with Gasteiger partial charge in [0.2, 0.25) is 5.91 Å². The van der Waals surface area contributed by atoms with Crippen molar-refractivity contribution >= 4 is 44.7 Å². The van der Waals surface area contributed by atoms with Gasteiger partial charge >= 0.3 is 0 Å². The number of anilines is 1. The van der Waals surface area contributed by atoms with E-state index in [0.29, 0.717) is 26.5 Å². The van der Waals surface area contributed by atoms with Crippen molar-refractivity contribution in [2.75, 3.05) is 5.32 Å². The van der Waals surface area contributed by atoms with E-state index in [1.165, 1.54) is 34.4 Å². The fourth-order valence-electron chi connectivity index (χ4n) is 3.46. The Morgan fingerprint density at radius 2 is 1.90 bits per heavy atom. The van der Waals surface area contributed by atoms with Crippen LogP contribution in [0.3, 0.4) is 0 Å². The zero-order valence-electron chi connectivity index (χ0n) is 17.1. The second-order valence-electron chi connectivity index (χ2n) is 7.25. The Morgan fingerprint density at radius 3 is 2.61 bits per heavy atom. The predicted octanol–water partition coefficient (Wildman–Crippen LogP) is 5.73. The third-order valence-electron chi connectivity index (χ3n) is 5.27. The van der Waals surface area contributed by atoms with Crippen LogP contribution in [-0.4, -0.2) is 15.5 Å². The Hall–Kier alpha value is -3.03. The topological polar surface area (TPSA) is 64.0 Å². The second-order valence-corrected chi connectivity index (χ2v) is 8.87. The first-order chi connectivity index (χ1) is 14.8. The Morgan fingerprint density at radius 1 is 1.19 bits per heavy atom. The summed E-state index contributed by atoms with van der Waals surface area (Å²) in [5.41, 5.74) is 2.46. The number of aryl methyl sites for hydroxylation is 1. The molecule has 2 aromatic heterocycles. The number of carbonyl (C=O) groups excluding carboxylic acids is 1. The molecule has 1 N–H and O–H groups in total. The minimum atomic E-state index is -0.802. The SMILES string of the molecule is Cc1sc2ncn(C(C)C(=O)Nc3cccc(Cl)c3C)c(=O)c2c1-c1ccc(F)cc1. The van der Waals surface area contributed by atoms with Crippen molar-refractivity contribution in [3.63, 3.8) is 0 Å². The lowest BCUT2D eigenvalue weighted by molar-refractivity contribution is -0.118. The Labute approximate surface area is 187 Å². The molecule has 0 saturated heterocycles. The van der Waals surface area contributed by atoms with E-state index in [1.54, 1.807) is 37.3 Å². The molecule has 0 aliphatic rings. The summed E-state index contributed by atoms with van der Waals surface area (Å²) in [6.07, 6.45) is 1.39. The van der Waals surface area contributed by atoms with Crippen LogP contribution in [-0.2, 0) is 4.79 Å². The molecular weight excluding hydrogens is 437 g/mol. The van der Waals surface area contributed by atoms with Gasteiger partial charge in [-0.2, -0.15) is 0 Å². The predicted molar refractivity (Wildman–Crippen MR) is 124 cm³/mol. The molecule has 1 amide bonds. The van der Waals surface area contributed by atoms with Gasteiger partial charge in [0.15, 0.2) is 0 Å². The summed E-state index contributed by atoms with van der Waals surface area (Å²) in [5.74, 6) is -0.707. The number of nitrogens with one attached hydrogen (secondary N) is 1. The molecule has 0 fully saturated rings. The van der Waals surface area contributed by atoms with E-state index in [0.717, 1.165) is 16.0 Å². The van der Waals surface area contributed by atoms with E-state index in [1.807, 2.05) is 13.8 Å². The molecule has 31 heavy (non-hydrogen) atoms. The van der Waals surface area contributed by atoms with Crippen LogP contribution in [0.25, 0.3) is 21.3 Å². The minimum Gasteiger partial charge on any atom is -0.324 e. The molecule has 0 aliphatic carbocycles. The van der Waals surface area contributed by atoms with Crippen LogP contribution in [0.2, 0.25) is 5.02 Å². The summed E-state index contributed by atoms with van der Waals surface area (Å²) in [6, 6.07) is 10.4. The molecule has 0 radical (unpaired) electrons. The van der Waals surface area contributed by atoms with E-state index in [2.05, 4.69) is 10.3 Å². The lowest BCUT2D eigenvalue weighted by Gasteiger charge is -2.16. The van der Waals surface area contributed by atoms with Gasteiger partial charge in [0.05, 0.1) is 11.7 Å². The summed E-state index contributed by atoms with van der Waals surface area (Å²) in [4.78, 5) is 32.2. The van der Waals surface area contributed by atoms with Crippen LogP contribution in [0.5, 0.6) is 0 Å². The largest absolute Gasteiger partial charge is 0.324 e. The molecule has 1 unspecified atom stereocenters. The van der Waals surface area contributed by atoms with Crippen LogP contribution in [0.15, 0.2) is 53.6 Å². The number of hydrogen-bond donors (Lipinski definition) is 1. The Bertz CT molecular complexity index is 1360. The van der Waals surface area contributed by atoms with E-state index < -0.39 is 6.04 Å². The highest BCUT2D eigenvalue weighted by molar-refractivity contribution is 7.19. The highest BCUT2D eigenvalue weighted by atomic mass is 35.5. The number of hydrogen-bond acceptors (Lipinski definition) is 4. The normalized spacial score (nSPS) is 12.2. The van der Waals surface area contributed by atoms with Gasteiger partial charge in [0.25, 0.3) is 5.56 Å². The molecule has 2 heterocycles. The third kappa shape index (κ3) is 3.86. The summed E-state index contributed by atoms with van der Waals surface area (Å²) in [5, 5.41) is 3.80. The second kappa shape index (κ2) is 8.24. The molecule has 0 spiro atoms. The fraction of sp³-hybridized carbons (Fsp3) is 0.174. The molecule has 0 aliphatic heterocycles. The Kier molecular flexibility index (Phi) is 5.64. The number of rotatable bonds is 4. The molecule has 158 valence electrons. The molecule has 2 aromatic carbocycles. The lowest BCUT2D eigenvalue weighted by atomic mass is 10.0. The number of halogens is 2. The standard InChI is InChI=1S/C23H19ClFN3O2S/c1-12-17(24)5-4-6-18(12)27-21(29)13(2)28-11-26-22-20(23(28)30)19(14(3)31-22)15-7-9-16(25)10-8-15/h4-11,13H,1-3H3,(H,27,29). The lowest BCUT2D eigenvalue weighted by Crippen LogP contribution is -2.32. The summed E-state index contributed by atoms with van der Waals surface area (Å²) in [6.45, 7) is 5.35. The Balaban J connectivity index is 1.76. The highest BCUT2D eigenvalue weighted by Crippen LogP contribution is 2.35. The number of nitrogens with zero attached hydrogens (tertiary/aromatic N) is 2. The third-order valence-corrected chi connectivity index (χ3v) is 6.69. The molecule has 4 rings (SSSR count). The maximum Gasteiger partial charge on any atom is 0.263 e. The van der Waals surface area contributed by atoms with E-state index in [-0.39, 0.29) is 17.3 Å². The first-order valence-electron chi connectivity index (χ1n) is 9.60. The van der Waals surface area contributed by atoms with Gasteiger partial charge < -0.3 is 5.32 Å². The van der Waals surface area contributed by atoms with Gasteiger partial charge in [-0.1, -0.05) is 29.8 Å². The van der Waals surface area contributed by atoms with Gasteiger partial charge in [0, 0.05) is 21.2 Å². The molecule has 1 atom stereocenters. The number of amides is 1. The molecule has 8 heteroatoms. The zero-order chi connectivity index (χ0) is 22.3. The van der Waals surface area contributed by atoms with Crippen molar-refractivity contribution < 1.29 is 9.18 Å². The van der Waals surface area contributed by atoms with Crippen molar-refractivity contribution in [3.8, 4) is 11.1 Å². The van der Waals surface area contributed by atoms with Crippen LogP contribution in [0, 0.1) is 19.7 Å². The highest BCUT2D eigenvalue weighted by Gasteiger charge is 2.22.